The Labute approximate surface area is 162 Å². The summed E-state index contributed by atoms with van der Waals surface area (Å²) in [6, 6.07) is 9.25. The van der Waals surface area contributed by atoms with Crippen LogP contribution >= 0.6 is 23.4 Å². The second kappa shape index (κ2) is 7.66. The number of nitrogens with one attached hydrogen (secondary N) is 2. The predicted octanol–water partition coefficient (Wildman–Crippen LogP) is 5.22. The smallest absolute Gasteiger partial charge is 0.308 e. The third kappa shape index (κ3) is 4.64. The van der Waals surface area contributed by atoms with Crippen LogP contribution in [0.25, 0.3) is 0 Å². The van der Waals surface area contributed by atoms with E-state index in [2.05, 4.69) is 15.6 Å². The molecule has 2 amide bonds. The molecule has 2 aromatic carbocycles. The number of carbonyl (C=O) groups is 1. The molecule has 0 saturated heterocycles. The quantitative estimate of drug-likeness (QED) is 0.673. The largest absolute Gasteiger partial charge is 0.417 e. The molecule has 0 spiro atoms. The predicted molar refractivity (Wildman–Crippen MR) is 99.5 cm³/mol. The molecule has 1 heterocycles. The SMILES string of the molecule is O=C(Nc1cccc(C2=NCCN2Cl)c1)Nc1ccc(Cl)c(C(F)(F)F)c1. The second-order valence-electron chi connectivity index (χ2n) is 5.64. The van der Waals surface area contributed by atoms with E-state index in [0.717, 1.165) is 12.1 Å². The first kappa shape index (κ1) is 19.3. The first-order valence-corrected chi connectivity index (χ1v) is 8.48. The van der Waals surface area contributed by atoms with E-state index in [1.54, 1.807) is 24.3 Å². The molecule has 0 radical (unpaired) electrons. The minimum absolute atomic E-state index is 0.0347. The van der Waals surface area contributed by atoms with Gasteiger partial charge >= 0.3 is 12.2 Å². The Balaban J connectivity index is 1.72. The molecule has 0 unspecified atom stereocenters. The number of nitrogens with zero attached hydrogens (tertiary/aromatic N) is 2. The Morgan fingerprint density at radius 3 is 2.44 bits per heavy atom. The number of benzene rings is 2. The van der Waals surface area contributed by atoms with Crippen molar-refractivity contribution < 1.29 is 18.0 Å². The van der Waals surface area contributed by atoms with Crippen molar-refractivity contribution >= 4 is 46.6 Å². The van der Waals surface area contributed by atoms with Gasteiger partial charge < -0.3 is 10.6 Å². The van der Waals surface area contributed by atoms with Crippen LogP contribution < -0.4 is 10.6 Å². The van der Waals surface area contributed by atoms with Crippen LogP contribution in [-0.4, -0.2) is 29.4 Å². The summed E-state index contributed by atoms with van der Waals surface area (Å²) < 4.78 is 40.2. The standard InChI is InChI=1S/C17H13Cl2F3N4O/c18-14-5-4-12(9-13(14)17(20,21)22)25-16(27)24-11-3-1-2-10(8-11)15-23-6-7-26(15)19/h1-5,8-9H,6-7H2,(H2,24,25,27). The van der Waals surface area contributed by atoms with Gasteiger partial charge in [0.25, 0.3) is 0 Å². The molecule has 5 nitrogen and oxygen atoms in total. The van der Waals surface area contributed by atoms with Crippen molar-refractivity contribution in [1.29, 1.82) is 0 Å². The summed E-state index contributed by atoms with van der Waals surface area (Å²) >= 11 is 11.6. The normalized spacial score (nSPS) is 14.1. The lowest BCUT2D eigenvalue weighted by Crippen LogP contribution is -2.21. The van der Waals surface area contributed by atoms with E-state index in [9.17, 15) is 18.0 Å². The van der Waals surface area contributed by atoms with Crippen molar-refractivity contribution in [3.8, 4) is 0 Å². The van der Waals surface area contributed by atoms with Gasteiger partial charge in [0, 0.05) is 28.7 Å². The summed E-state index contributed by atoms with van der Waals surface area (Å²) in [4.78, 5) is 16.4. The number of halogens is 5. The molecule has 0 bridgehead atoms. The summed E-state index contributed by atoms with van der Waals surface area (Å²) in [5.74, 6) is 0.591. The molecule has 27 heavy (non-hydrogen) atoms. The van der Waals surface area contributed by atoms with Crippen LogP contribution in [0.1, 0.15) is 11.1 Å². The fourth-order valence-electron chi connectivity index (χ4n) is 2.51. The Hall–Kier alpha value is -2.45. The molecule has 0 aliphatic carbocycles. The fraction of sp³-hybridized carbons (Fsp3) is 0.176. The highest BCUT2D eigenvalue weighted by Crippen LogP contribution is 2.36. The van der Waals surface area contributed by atoms with Crippen LogP contribution in [0.3, 0.4) is 0 Å². The van der Waals surface area contributed by atoms with Crippen LogP contribution in [0.2, 0.25) is 5.02 Å². The first-order chi connectivity index (χ1) is 12.7. The van der Waals surface area contributed by atoms with Crippen LogP contribution in [0.4, 0.5) is 29.3 Å². The van der Waals surface area contributed by atoms with Crippen molar-refractivity contribution in [2.45, 2.75) is 6.18 Å². The van der Waals surface area contributed by atoms with Gasteiger partial charge in [-0.1, -0.05) is 23.7 Å². The molecule has 142 valence electrons. The van der Waals surface area contributed by atoms with Gasteiger partial charge in [-0.15, -0.1) is 0 Å². The van der Waals surface area contributed by atoms with E-state index in [-0.39, 0.29) is 5.69 Å². The van der Waals surface area contributed by atoms with Gasteiger partial charge in [-0.3, -0.25) is 9.41 Å². The van der Waals surface area contributed by atoms with E-state index in [1.165, 1.54) is 10.5 Å². The number of hydrogen-bond acceptors (Lipinski definition) is 3. The highest BCUT2D eigenvalue weighted by Gasteiger charge is 2.33. The van der Waals surface area contributed by atoms with Gasteiger partial charge in [0.1, 0.15) is 5.84 Å². The van der Waals surface area contributed by atoms with Gasteiger partial charge in [0.15, 0.2) is 0 Å². The highest BCUT2D eigenvalue weighted by molar-refractivity contribution is 6.31. The summed E-state index contributed by atoms with van der Waals surface area (Å²) in [6.45, 7) is 1.17. The third-order valence-electron chi connectivity index (χ3n) is 3.70. The van der Waals surface area contributed by atoms with Crippen molar-refractivity contribution in [3.05, 3.63) is 58.6 Å². The van der Waals surface area contributed by atoms with Crippen molar-refractivity contribution in [2.75, 3.05) is 23.7 Å². The van der Waals surface area contributed by atoms with E-state index in [1.807, 2.05) is 0 Å². The number of hydrogen-bond donors (Lipinski definition) is 2. The number of aliphatic imine (C=N–C) groups is 1. The molecule has 0 atom stereocenters. The van der Waals surface area contributed by atoms with Gasteiger partial charge in [-0.25, -0.2) is 4.79 Å². The van der Waals surface area contributed by atoms with E-state index in [0.29, 0.717) is 30.2 Å². The first-order valence-electron chi connectivity index (χ1n) is 7.77. The lowest BCUT2D eigenvalue weighted by Gasteiger charge is -2.13. The molecule has 0 fully saturated rings. The molecular formula is C17H13Cl2F3N4O. The molecule has 1 aliphatic rings. The van der Waals surface area contributed by atoms with E-state index in [4.69, 9.17) is 23.4 Å². The zero-order chi connectivity index (χ0) is 19.6. The maximum Gasteiger partial charge on any atom is 0.417 e. The number of amidine groups is 1. The maximum absolute atomic E-state index is 12.9. The van der Waals surface area contributed by atoms with Crippen molar-refractivity contribution in [2.24, 2.45) is 4.99 Å². The summed E-state index contributed by atoms with van der Waals surface area (Å²) in [7, 11) is 0. The monoisotopic (exact) mass is 416 g/mol. The minimum Gasteiger partial charge on any atom is -0.308 e. The van der Waals surface area contributed by atoms with E-state index >= 15 is 0 Å². The molecule has 3 rings (SSSR count). The zero-order valence-corrected chi connectivity index (χ0v) is 15.2. The molecule has 2 N–H and O–H groups in total. The van der Waals surface area contributed by atoms with Gasteiger partial charge in [0.05, 0.1) is 23.7 Å². The fourth-order valence-corrected chi connectivity index (χ4v) is 2.96. The third-order valence-corrected chi connectivity index (χ3v) is 4.35. The summed E-state index contributed by atoms with van der Waals surface area (Å²) in [6.07, 6.45) is -4.62. The van der Waals surface area contributed by atoms with Gasteiger partial charge in [-0.2, -0.15) is 13.2 Å². The number of rotatable bonds is 3. The Bertz CT molecular complexity index is 902. The van der Waals surface area contributed by atoms with Gasteiger partial charge in [-0.05, 0) is 30.3 Å². The Morgan fingerprint density at radius 1 is 1.11 bits per heavy atom. The lowest BCUT2D eigenvalue weighted by molar-refractivity contribution is -0.137. The van der Waals surface area contributed by atoms with Crippen molar-refractivity contribution in [3.63, 3.8) is 0 Å². The highest BCUT2D eigenvalue weighted by atomic mass is 35.5. The summed E-state index contributed by atoms with van der Waals surface area (Å²) in [5.41, 5.74) is 0.0960. The van der Waals surface area contributed by atoms with Crippen LogP contribution in [0.15, 0.2) is 47.5 Å². The van der Waals surface area contributed by atoms with Gasteiger partial charge in [0.2, 0.25) is 0 Å². The minimum atomic E-state index is -4.62. The molecule has 0 aromatic heterocycles. The topological polar surface area (TPSA) is 56.7 Å². The number of urea groups is 1. The molecule has 1 aliphatic heterocycles. The van der Waals surface area contributed by atoms with Crippen LogP contribution in [0.5, 0.6) is 0 Å². The number of amides is 2. The number of carbonyl (C=O) groups excluding carboxylic acids is 1. The Kier molecular flexibility index (Phi) is 5.48. The molecule has 0 saturated carbocycles. The maximum atomic E-state index is 12.9. The second-order valence-corrected chi connectivity index (χ2v) is 6.46. The van der Waals surface area contributed by atoms with E-state index < -0.39 is 22.8 Å². The van der Waals surface area contributed by atoms with Crippen molar-refractivity contribution in [1.82, 2.24) is 4.42 Å². The molecular weight excluding hydrogens is 404 g/mol. The average molecular weight is 417 g/mol. The average Bonchev–Trinajstić information content (AvgIpc) is 3.02. The zero-order valence-electron chi connectivity index (χ0n) is 13.6. The molecule has 10 heteroatoms. The van der Waals surface area contributed by atoms with Crippen LogP contribution in [0, 0.1) is 0 Å². The summed E-state index contributed by atoms with van der Waals surface area (Å²) in [5, 5.41) is 4.47. The lowest BCUT2D eigenvalue weighted by atomic mass is 10.2. The Morgan fingerprint density at radius 2 is 1.81 bits per heavy atom. The number of alkyl halides is 3. The van der Waals surface area contributed by atoms with Crippen LogP contribution in [-0.2, 0) is 6.18 Å². The number of anilines is 2. The molecule has 2 aromatic rings.